The molecule has 0 radical (unpaired) electrons. The summed E-state index contributed by atoms with van der Waals surface area (Å²) in [6.45, 7) is 2.21. The minimum atomic E-state index is -0.473. The van der Waals surface area contributed by atoms with Gasteiger partial charge >= 0.3 is 6.09 Å². The molecule has 0 aliphatic heterocycles. The van der Waals surface area contributed by atoms with Gasteiger partial charge in [-0.05, 0) is 24.1 Å². The zero-order valence-electron chi connectivity index (χ0n) is 13.3. The number of nitrogens with zero attached hydrogens (tertiary/aromatic N) is 1. The summed E-state index contributed by atoms with van der Waals surface area (Å²) in [6, 6.07) is 15.8. The molecular weight excluding hydrogens is 286 g/mol. The zero-order chi connectivity index (χ0) is 16.7. The van der Waals surface area contributed by atoms with Crippen LogP contribution < -0.4 is 4.90 Å². The number of amides is 1. The molecule has 3 nitrogen and oxygen atoms in total. The molecule has 0 spiro atoms. The zero-order valence-corrected chi connectivity index (χ0v) is 13.3. The van der Waals surface area contributed by atoms with E-state index in [0.29, 0.717) is 0 Å². The van der Waals surface area contributed by atoms with Gasteiger partial charge < -0.3 is 4.74 Å². The van der Waals surface area contributed by atoms with Crippen LogP contribution in [0, 0.1) is 19.3 Å². The number of carbonyl (C=O) groups excluding carboxylic acids is 1. The third-order valence-corrected chi connectivity index (χ3v) is 3.37. The average Bonchev–Trinajstić information content (AvgIpc) is 2.58. The van der Waals surface area contributed by atoms with Gasteiger partial charge in [0.1, 0.15) is 0 Å². The summed E-state index contributed by atoms with van der Waals surface area (Å²) in [4.78, 5) is 13.4. The fourth-order valence-electron chi connectivity index (χ4n) is 2.28. The third kappa shape index (κ3) is 4.24. The van der Waals surface area contributed by atoms with E-state index in [9.17, 15) is 4.79 Å². The Balaban J connectivity index is 2.36. The summed E-state index contributed by atoms with van der Waals surface area (Å²) in [5.74, 6) is 2.49. The van der Waals surface area contributed by atoms with Crippen LogP contribution in [0.15, 0.2) is 48.5 Å². The second-order valence-corrected chi connectivity index (χ2v) is 5.07. The highest BCUT2D eigenvalue weighted by molar-refractivity contribution is 5.92. The van der Waals surface area contributed by atoms with Crippen molar-refractivity contribution in [2.24, 2.45) is 0 Å². The van der Waals surface area contributed by atoms with Crippen LogP contribution in [0.4, 0.5) is 10.5 Å². The highest BCUT2D eigenvalue weighted by Crippen LogP contribution is 2.23. The second-order valence-electron chi connectivity index (χ2n) is 5.07. The van der Waals surface area contributed by atoms with Crippen molar-refractivity contribution in [1.29, 1.82) is 0 Å². The van der Waals surface area contributed by atoms with E-state index >= 15 is 0 Å². The largest absolute Gasteiger partial charge is 0.452 e. The predicted octanol–water partition coefficient (Wildman–Crippen LogP) is 4.37. The lowest BCUT2D eigenvalue weighted by Gasteiger charge is -2.20. The van der Waals surface area contributed by atoms with Crippen LogP contribution in [0.3, 0.4) is 0 Å². The lowest BCUT2D eigenvalue weighted by molar-refractivity contribution is 0.179. The fraction of sp³-hybridized carbons (Fsp3) is 0.150. The van der Waals surface area contributed by atoms with Crippen molar-refractivity contribution in [3.8, 4) is 12.3 Å². The van der Waals surface area contributed by atoms with Crippen LogP contribution >= 0.6 is 0 Å². The third-order valence-electron chi connectivity index (χ3n) is 3.37. The Kier molecular flexibility index (Phi) is 5.60. The molecule has 0 unspecified atom stereocenters. The van der Waals surface area contributed by atoms with Gasteiger partial charge in [0.05, 0.1) is 19.3 Å². The summed E-state index contributed by atoms with van der Waals surface area (Å²) in [5, 5.41) is 0. The average molecular weight is 305 g/mol. The van der Waals surface area contributed by atoms with Crippen LogP contribution in [-0.4, -0.2) is 19.7 Å². The lowest BCUT2D eigenvalue weighted by atomic mass is 10.1. The number of hydrogen-bond donors (Lipinski definition) is 0. The van der Waals surface area contributed by atoms with Gasteiger partial charge in [-0.15, -0.1) is 6.42 Å². The Morgan fingerprint density at radius 1 is 1.22 bits per heavy atom. The minimum Gasteiger partial charge on any atom is -0.452 e. The molecule has 0 fully saturated rings. The maximum atomic E-state index is 12.0. The van der Waals surface area contributed by atoms with E-state index < -0.39 is 6.09 Å². The van der Waals surface area contributed by atoms with Crippen molar-refractivity contribution in [2.75, 3.05) is 18.6 Å². The lowest BCUT2D eigenvalue weighted by Crippen LogP contribution is -2.31. The Hall–Kier alpha value is -2.99. The summed E-state index contributed by atoms with van der Waals surface area (Å²) >= 11 is 0. The van der Waals surface area contributed by atoms with E-state index in [2.05, 4.69) is 25.0 Å². The van der Waals surface area contributed by atoms with Gasteiger partial charge in [-0.1, -0.05) is 66.1 Å². The Morgan fingerprint density at radius 3 is 2.70 bits per heavy atom. The molecule has 0 atom stereocenters. The maximum absolute atomic E-state index is 12.0. The van der Waals surface area contributed by atoms with E-state index in [4.69, 9.17) is 11.2 Å². The van der Waals surface area contributed by atoms with E-state index in [1.807, 2.05) is 48.6 Å². The van der Waals surface area contributed by atoms with E-state index in [1.165, 1.54) is 17.6 Å². The molecule has 0 aromatic heterocycles. The molecule has 2 aromatic carbocycles. The number of terminal acetylenes is 1. The molecule has 2 rings (SSSR count). The van der Waals surface area contributed by atoms with Gasteiger partial charge in [-0.25, -0.2) is 4.79 Å². The molecule has 23 heavy (non-hydrogen) atoms. The highest BCUT2D eigenvalue weighted by atomic mass is 16.5. The van der Waals surface area contributed by atoms with Crippen LogP contribution in [0.25, 0.3) is 12.2 Å². The van der Waals surface area contributed by atoms with Crippen LogP contribution in [0.2, 0.25) is 0 Å². The van der Waals surface area contributed by atoms with E-state index in [0.717, 1.165) is 16.8 Å². The summed E-state index contributed by atoms with van der Waals surface area (Å²) in [5.41, 5.74) is 3.92. The van der Waals surface area contributed by atoms with Crippen molar-refractivity contribution in [1.82, 2.24) is 0 Å². The quantitative estimate of drug-likeness (QED) is 0.620. The normalized spacial score (nSPS) is 10.3. The molecule has 116 valence electrons. The number of anilines is 1. The van der Waals surface area contributed by atoms with Crippen molar-refractivity contribution in [3.63, 3.8) is 0 Å². The molecule has 0 saturated carbocycles. The monoisotopic (exact) mass is 305 g/mol. The van der Waals surface area contributed by atoms with E-state index in [1.54, 1.807) is 0 Å². The van der Waals surface area contributed by atoms with Crippen molar-refractivity contribution in [3.05, 3.63) is 65.2 Å². The molecule has 0 N–H and O–H groups in total. The fourth-order valence-corrected chi connectivity index (χ4v) is 2.28. The first-order chi connectivity index (χ1) is 11.2. The Labute approximate surface area is 137 Å². The van der Waals surface area contributed by atoms with Crippen molar-refractivity contribution < 1.29 is 9.53 Å². The molecule has 0 aliphatic carbocycles. The first-order valence-corrected chi connectivity index (χ1v) is 7.28. The maximum Gasteiger partial charge on any atom is 0.414 e. The number of benzene rings is 2. The van der Waals surface area contributed by atoms with Gasteiger partial charge in [-0.3, -0.25) is 4.90 Å². The summed E-state index contributed by atoms with van der Waals surface area (Å²) in [7, 11) is 1.34. The number of aryl methyl sites for hydroxylation is 1. The predicted molar refractivity (Wildman–Crippen MR) is 95.1 cm³/mol. The molecule has 0 aliphatic rings. The number of carbonyl (C=O) groups is 1. The first-order valence-electron chi connectivity index (χ1n) is 7.28. The molecule has 2 aromatic rings. The van der Waals surface area contributed by atoms with Gasteiger partial charge in [0.2, 0.25) is 0 Å². The SMILES string of the molecule is C#CCN(C(=O)OC)c1ccccc1/C=C/c1cccc(C)c1. The highest BCUT2D eigenvalue weighted by Gasteiger charge is 2.16. The molecule has 0 heterocycles. The molecule has 1 amide bonds. The van der Waals surface area contributed by atoms with Gasteiger partial charge in [0.25, 0.3) is 0 Å². The number of methoxy groups -OCH3 is 1. The minimum absolute atomic E-state index is 0.155. The number of hydrogen-bond acceptors (Lipinski definition) is 2. The van der Waals surface area contributed by atoms with Crippen molar-refractivity contribution >= 4 is 23.9 Å². The number of para-hydroxylation sites is 1. The van der Waals surface area contributed by atoms with Crippen molar-refractivity contribution in [2.45, 2.75) is 6.92 Å². The smallest absolute Gasteiger partial charge is 0.414 e. The van der Waals surface area contributed by atoms with Gasteiger partial charge in [0.15, 0.2) is 0 Å². The number of rotatable bonds is 4. The van der Waals surface area contributed by atoms with Crippen LogP contribution in [-0.2, 0) is 4.74 Å². The summed E-state index contributed by atoms with van der Waals surface area (Å²) < 4.78 is 4.82. The van der Waals surface area contributed by atoms with Crippen LogP contribution in [0.1, 0.15) is 16.7 Å². The summed E-state index contributed by atoms with van der Waals surface area (Å²) in [6.07, 6.45) is 8.88. The second kappa shape index (κ2) is 7.86. The molecular formula is C20H19NO2. The van der Waals surface area contributed by atoms with Crippen LogP contribution in [0.5, 0.6) is 0 Å². The Morgan fingerprint density at radius 2 is 2.00 bits per heavy atom. The molecule has 3 heteroatoms. The standard InChI is InChI=1S/C20H19NO2/c1-4-14-21(20(22)23-3)19-11-6-5-10-18(19)13-12-17-9-7-8-16(2)15-17/h1,5-13,15H,14H2,2-3H3/b13-12+. The first kappa shape index (κ1) is 16.4. The van der Waals surface area contributed by atoms with Gasteiger partial charge in [-0.2, -0.15) is 0 Å². The van der Waals surface area contributed by atoms with E-state index in [-0.39, 0.29) is 6.54 Å². The van der Waals surface area contributed by atoms with Gasteiger partial charge in [0, 0.05) is 0 Å². The Bertz CT molecular complexity index is 756. The molecule has 0 saturated heterocycles. The topological polar surface area (TPSA) is 29.5 Å². The molecule has 0 bridgehead atoms. The number of ether oxygens (including phenoxy) is 1.